The van der Waals surface area contributed by atoms with Crippen LogP contribution in [0.3, 0.4) is 0 Å². The van der Waals surface area contributed by atoms with Gasteiger partial charge in [-0.15, -0.1) is 0 Å². The molecular formula is C16H20ClN5O2. The van der Waals surface area contributed by atoms with E-state index in [0.29, 0.717) is 0 Å². The van der Waals surface area contributed by atoms with E-state index in [2.05, 4.69) is 10.5 Å². The summed E-state index contributed by atoms with van der Waals surface area (Å²) in [7, 11) is 0. The molecule has 8 heteroatoms. The third-order valence-electron chi connectivity index (χ3n) is 4.84. The molecule has 0 aromatic rings. The number of carbonyl (C=O) groups is 1. The van der Waals surface area contributed by atoms with Crippen LogP contribution < -0.4 is 11.1 Å². The van der Waals surface area contributed by atoms with Crippen molar-refractivity contribution in [2.75, 3.05) is 0 Å². The maximum Gasteiger partial charge on any atom is 0.244 e. The van der Waals surface area contributed by atoms with Crippen LogP contribution in [0.15, 0.2) is 15.9 Å². The number of rotatable bonds is 3. The summed E-state index contributed by atoms with van der Waals surface area (Å²) in [6.45, 7) is 3.25. The van der Waals surface area contributed by atoms with Gasteiger partial charge in [0.25, 0.3) is 0 Å². The number of nitrogens with one attached hydrogen (secondary N) is 1. The van der Waals surface area contributed by atoms with Gasteiger partial charge in [0.15, 0.2) is 5.41 Å². The summed E-state index contributed by atoms with van der Waals surface area (Å²) in [6, 6.07) is 3.73. The van der Waals surface area contributed by atoms with Gasteiger partial charge >= 0.3 is 0 Å². The first kappa shape index (κ1) is 18.1. The fourth-order valence-corrected chi connectivity index (χ4v) is 3.50. The Hall–Kier alpha value is -2.25. The van der Waals surface area contributed by atoms with Crippen molar-refractivity contribution in [3.05, 3.63) is 10.7 Å². The molecule has 1 amide bonds. The molecule has 2 unspecified atom stereocenters. The number of oxime groups is 1. The van der Waals surface area contributed by atoms with E-state index < -0.39 is 23.0 Å². The highest BCUT2D eigenvalue weighted by Crippen LogP contribution is 2.51. The van der Waals surface area contributed by atoms with Crippen molar-refractivity contribution in [3.8, 4) is 12.1 Å². The third-order valence-corrected chi connectivity index (χ3v) is 5.14. The van der Waals surface area contributed by atoms with Gasteiger partial charge in [0, 0.05) is 0 Å². The van der Waals surface area contributed by atoms with Crippen molar-refractivity contribution in [1.29, 1.82) is 10.5 Å². The standard InChI is InChI=1S/C16H20ClN5O2/c1-15(2)14(24-22-10-6-4-3-5-7-10)21-12(17)11(8-18)16(15,9-19)13(20)23/h14,21H,3-7H2,1-2H3,(H2,20,23). The SMILES string of the molecule is CC1(C)C(ON=C2CCCCC2)NC(Cl)=C(C#N)C1(C#N)C(N)=O. The van der Waals surface area contributed by atoms with Crippen molar-refractivity contribution >= 4 is 23.2 Å². The molecule has 1 saturated carbocycles. The lowest BCUT2D eigenvalue weighted by atomic mass is 9.59. The Morgan fingerprint density at radius 2 is 2.00 bits per heavy atom. The Balaban J connectivity index is 2.42. The molecule has 2 aliphatic rings. The lowest BCUT2D eigenvalue weighted by Gasteiger charge is -2.46. The summed E-state index contributed by atoms with van der Waals surface area (Å²) in [4.78, 5) is 17.7. The molecule has 0 bridgehead atoms. The summed E-state index contributed by atoms with van der Waals surface area (Å²) >= 11 is 6.09. The molecule has 128 valence electrons. The molecule has 24 heavy (non-hydrogen) atoms. The molecule has 0 aromatic heterocycles. The molecule has 1 heterocycles. The van der Waals surface area contributed by atoms with Gasteiger partial charge in [-0.2, -0.15) is 10.5 Å². The zero-order chi connectivity index (χ0) is 18.0. The van der Waals surface area contributed by atoms with Crippen LogP contribution in [0.1, 0.15) is 46.0 Å². The smallest absolute Gasteiger partial charge is 0.244 e. The minimum absolute atomic E-state index is 0.119. The molecule has 0 aromatic carbocycles. The van der Waals surface area contributed by atoms with Gasteiger partial charge in [0.2, 0.25) is 12.1 Å². The first-order valence-corrected chi connectivity index (χ1v) is 8.18. The number of hydrogen-bond acceptors (Lipinski definition) is 6. The first-order valence-electron chi connectivity index (χ1n) is 7.81. The van der Waals surface area contributed by atoms with Gasteiger partial charge in [-0.1, -0.05) is 37.0 Å². The van der Waals surface area contributed by atoms with Crippen LogP contribution in [-0.2, 0) is 9.63 Å². The maximum atomic E-state index is 12.1. The fraction of sp³-hybridized carbons (Fsp3) is 0.625. The second-order valence-corrected chi connectivity index (χ2v) is 6.97. The molecule has 1 fully saturated rings. The number of carbonyl (C=O) groups excluding carboxylic acids is 1. The summed E-state index contributed by atoms with van der Waals surface area (Å²) in [6.07, 6.45) is 4.15. The number of nitrogens with zero attached hydrogens (tertiary/aromatic N) is 3. The Bertz CT molecular complexity index is 678. The molecule has 1 aliphatic heterocycles. The Kier molecular flexibility index (Phi) is 5.05. The molecule has 2 atom stereocenters. The predicted molar refractivity (Wildman–Crippen MR) is 88.0 cm³/mol. The first-order chi connectivity index (χ1) is 11.3. The number of hydrogen-bond donors (Lipinski definition) is 2. The average molecular weight is 350 g/mol. The maximum absolute atomic E-state index is 12.1. The molecule has 2 rings (SSSR count). The summed E-state index contributed by atoms with van der Waals surface area (Å²) in [5.74, 6) is -0.940. The van der Waals surface area contributed by atoms with Crippen LogP contribution in [0.4, 0.5) is 0 Å². The largest absolute Gasteiger partial charge is 0.370 e. The van der Waals surface area contributed by atoms with Gasteiger partial charge < -0.3 is 15.9 Å². The molecule has 3 N–H and O–H groups in total. The highest BCUT2D eigenvalue weighted by molar-refractivity contribution is 6.30. The number of nitriles is 2. The topological polar surface area (TPSA) is 124 Å². The highest BCUT2D eigenvalue weighted by Gasteiger charge is 2.62. The van der Waals surface area contributed by atoms with Crippen LogP contribution in [0, 0.1) is 33.5 Å². The minimum Gasteiger partial charge on any atom is -0.370 e. The Labute approximate surface area is 146 Å². The van der Waals surface area contributed by atoms with Gasteiger partial charge in [0.05, 0.1) is 22.8 Å². The molecule has 7 nitrogen and oxygen atoms in total. The van der Waals surface area contributed by atoms with E-state index in [9.17, 15) is 15.3 Å². The third kappa shape index (κ3) is 2.70. The number of amides is 1. The van der Waals surface area contributed by atoms with Gasteiger partial charge in [-0.25, -0.2) is 0 Å². The quantitative estimate of drug-likeness (QED) is 0.597. The second kappa shape index (κ2) is 6.70. The average Bonchev–Trinajstić information content (AvgIpc) is 2.55. The minimum atomic E-state index is -1.90. The monoisotopic (exact) mass is 349 g/mol. The van der Waals surface area contributed by atoms with Gasteiger partial charge in [-0.3, -0.25) is 4.79 Å². The molecule has 0 radical (unpaired) electrons. The van der Waals surface area contributed by atoms with Crippen LogP contribution in [-0.4, -0.2) is 17.8 Å². The highest BCUT2D eigenvalue weighted by atomic mass is 35.5. The second-order valence-electron chi connectivity index (χ2n) is 6.60. The van der Waals surface area contributed by atoms with Crippen LogP contribution in [0.5, 0.6) is 0 Å². The van der Waals surface area contributed by atoms with E-state index in [-0.39, 0.29) is 10.7 Å². The number of primary amides is 1. The normalized spacial score (nSPS) is 29.0. The summed E-state index contributed by atoms with van der Waals surface area (Å²) < 4.78 is 0. The van der Waals surface area contributed by atoms with Crippen molar-refractivity contribution in [2.45, 2.75) is 52.2 Å². The summed E-state index contributed by atoms with van der Waals surface area (Å²) in [5.41, 5.74) is 3.17. The van der Waals surface area contributed by atoms with E-state index in [1.165, 1.54) is 6.42 Å². The summed E-state index contributed by atoms with van der Waals surface area (Å²) in [5, 5.41) is 25.9. The zero-order valence-corrected chi connectivity index (χ0v) is 14.5. The Morgan fingerprint density at radius 1 is 1.38 bits per heavy atom. The lowest BCUT2D eigenvalue weighted by molar-refractivity contribution is -0.139. The molecular weight excluding hydrogens is 330 g/mol. The van der Waals surface area contributed by atoms with E-state index in [4.69, 9.17) is 22.2 Å². The molecule has 0 saturated heterocycles. The Morgan fingerprint density at radius 3 is 2.50 bits per heavy atom. The van der Waals surface area contributed by atoms with E-state index in [1.54, 1.807) is 13.8 Å². The van der Waals surface area contributed by atoms with Gasteiger partial charge in [0.1, 0.15) is 11.2 Å². The van der Waals surface area contributed by atoms with E-state index in [0.717, 1.165) is 31.4 Å². The van der Waals surface area contributed by atoms with E-state index >= 15 is 0 Å². The predicted octanol–water partition coefficient (Wildman–Crippen LogP) is 2.25. The van der Waals surface area contributed by atoms with Crippen molar-refractivity contribution in [3.63, 3.8) is 0 Å². The lowest BCUT2D eigenvalue weighted by Crippen LogP contribution is -2.61. The van der Waals surface area contributed by atoms with Crippen LogP contribution in [0.2, 0.25) is 0 Å². The van der Waals surface area contributed by atoms with Crippen LogP contribution >= 0.6 is 11.6 Å². The number of halogens is 1. The van der Waals surface area contributed by atoms with Crippen molar-refractivity contribution in [1.82, 2.24) is 5.32 Å². The molecule has 0 spiro atoms. The molecule has 1 aliphatic carbocycles. The van der Waals surface area contributed by atoms with Crippen molar-refractivity contribution in [2.24, 2.45) is 21.7 Å². The van der Waals surface area contributed by atoms with E-state index in [1.807, 2.05) is 12.1 Å². The van der Waals surface area contributed by atoms with Crippen molar-refractivity contribution < 1.29 is 9.63 Å². The zero-order valence-electron chi connectivity index (χ0n) is 13.7. The van der Waals surface area contributed by atoms with Gasteiger partial charge in [-0.05, 0) is 25.7 Å². The number of nitrogens with two attached hydrogens (primary N) is 1. The van der Waals surface area contributed by atoms with Crippen LogP contribution in [0.25, 0.3) is 0 Å². The fourth-order valence-electron chi connectivity index (χ4n) is 3.22.